The van der Waals surface area contributed by atoms with Gasteiger partial charge in [-0.25, -0.2) is 0 Å². The van der Waals surface area contributed by atoms with Gasteiger partial charge in [0.1, 0.15) is 0 Å². The van der Waals surface area contributed by atoms with Crippen LogP contribution in [0.15, 0.2) is 30.5 Å². The average molecular weight is 276 g/mol. The SMILES string of the molecule is CCC(CSC)N(C)C(=O)c1cccc2cc[nH]c12. The van der Waals surface area contributed by atoms with E-state index in [-0.39, 0.29) is 11.9 Å². The summed E-state index contributed by atoms with van der Waals surface area (Å²) < 4.78 is 0. The van der Waals surface area contributed by atoms with Gasteiger partial charge in [-0.2, -0.15) is 11.8 Å². The minimum Gasteiger partial charge on any atom is -0.361 e. The number of fused-ring (bicyclic) bond motifs is 1. The minimum atomic E-state index is 0.0916. The fraction of sp³-hybridized carbons (Fsp3) is 0.400. The van der Waals surface area contributed by atoms with E-state index >= 15 is 0 Å². The van der Waals surface area contributed by atoms with E-state index in [1.807, 2.05) is 42.4 Å². The number of para-hydroxylation sites is 1. The van der Waals surface area contributed by atoms with Crippen LogP contribution in [0.25, 0.3) is 10.9 Å². The van der Waals surface area contributed by atoms with Crippen molar-refractivity contribution in [2.45, 2.75) is 19.4 Å². The molecule has 3 nitrogen and oxygen atoms in total. The Balaban J connectivity index is 2.30. The Morgan fingerprint density at radius 1 is 1.42 bits per heavy atom. The molecule has 4 heteroatoms. The minimum absolute atomic E-state index is 0.0916. The topological polar surface area (TPSA) is 36.1 Å². The molecule has 1 aromatic carbocycles. The predicted molar refractivity (Wildman–Crippen MR) is 82.9 cm³/mol. The van der Waals surface area contributed by atoms with Gasteiger partial charge in [-0.05, 0) is 24.8 Å². The van der Waals surface area contributed by atoms with Crippen molar-refractivity contribution in [1.82, 2.24) is 9.88 Å². The fourth-order valence-electron chi connectivity index (χ4n) is 2.31. The summed E-state index contributed by atoms with van der Waals surface area (Å²) in [5.74, 6) is 1.06. The molecule has 2 rings (SSSR count). The van der Waals surface area contributed by atoms with Crippen molar-refractivity contribution in [1.29, 1.82) is 0 Å². The van der Waals surface area contributed by atoms with Crippen molar-refractivity contribution in [2.24, 2.45) is 0 Å². The monoisotopic (exact) mass is 276 g/mol. The third kappa shape index (κ3) is 2.78. The third-order valence-corrected chi connectivity index (χ3v) is 4.23. The number of carbonyl (C=O) groups is 1. The number of nitrogens with one attached hydrogen (secondary N) is 1. The predicted octanol–water partition coefficient (Wildman–Crippen LogP) is 3.38. The van der Waals surface area contributed by atoms with Crippen molar-refractivity contribution >= 4 is 28.6 Å². The average Bonchev–Trinajstić information content (AvgIpc) is 2.91. The van der Waals surface area contributed by atoms with Gasteiger partial charge in [0, 0.05) is 30.4 Å². The maximum absolute atomic E-state index is 12.6. The third-order valence-electron chi connectivity index (χ3n) is 3.52. The lowest BCUT2D eigenvalue weighted by Gasteiger charge is -2.27. The molecule has 102 valence electrons. The molecular formula is C15H20N2OS. The Morgan fingerprint density at radius 2 is 2.21 bits per heavy atom. The van der Waals surface area contributed by atoms with Crippen molar-refractivity contribution in [3.8, 4) is 0 Å². The van der Waals surface area contributed by atoms with E-state index in [0.29, 0.717) is 0 Å². The molecule has 1 amide bonds. The van der Waals surface area contributed by atoms with Crippen LogP contribution in [0, 0.1) is 0 Å². The first-order valence-corrected chi connectivity index (χ1v) is 7.90. The molecule has 1 heterocycles. The van der Waals surface area contributed by atoms with E-state index in [0.717, 1.165) is 28.6 Å². The van der Waals surface area contributed by atoms with Gasteiger partial charge in [0.15, 0.2) is 0 Å². The molecule has 1 N–H and O–H groups in total. The van der Waals surface area contributed by atoms with Crippen molar-refractivity contribution in [3.63, 3.8) is 0 Å². The molecule has 0 saturated heterocycles. The van der Waals surface area contributed by atoms with Gasteiger partial charge in [-0.3, -0.25) is 4.79 Å². The number of nitrogens with zero attached hydrogens (tertiary/aromatic N) is 1. The molecule has 2 aromatic rings. The number of hydrogen-bond donors (Lipinski definition) is 1. The second-order valence-corrected chi connectivity index (χ2v) is 5.59. The molecule has 0 saturated carbocycles. The Kier molecular flexibility index (Phi) is 4.53. The van der Waals surface area contributed by atoms with Crippen LogP contribution in [0.2, 0.25) is 0 Å². The molecule has 0 spiro atoms. The number of aromatic nitrogens is 1. The summed E-state index contributed by atoms with van der Waals surface area (Å²) in [5.41, 5.74) is 1.68. The van der Waals surface area contributed by atoms with Crippen molar-refractivity contribution in [2.75, 3.05) is 19.1 Å². The Hall–Kier alpha value is -1.42. The molecule has 0 aliphatic rings. The Bertz CT molecular complexity index is 564. The van der Waals surface area contributed by atoms with E-state index in [9.17, 15) is 4.79 Å². The molecule has 1 aromatic heterocycles. The highest BCUT2D eigenvalue weighted by atomic mass is 32.2. The van der Waals surface area contributed by atoms with Crippen LogP contribution in [-0.2, 0) is 0 Å². The zero-order valence-corrected chi connectivity index (χ0v) is 12.5. The first kappa shape index (κ1) is 14.0. The lowest BCUT2D eigenvalue weighted by atomic mass is 10.1. The second-order valence-electron chi connectivity index (χ2n) is 4.68. The first-order chi connectivity index (χ1) is 9.19. The quantitative estimate of drug-likeness (QED) is 0.908. The standard InChI is InChI=1S/C15H20N2OS/c1-4-12(10-19-3)17(2)15(18)13-7-5-6-11-8-9-16-14(11)13/h5-9,12,16H,4,10H2,1-3H3. The van der Waals surface area contributed by atoms with Gasteiger partial charge in [0.05, 0.1) is 11.1 Å². The first-order valence-electron chi connectivity index (χ1n) is 6.51. The molecule has 0 radical (unpaired) electrons. The molecular weight excluding hydrogens is 256 g/mol. The molecule has 0 aliphatic heterocycles. The lowest BCUT2D eigenvalue weighted by molar-refractivity contribution is 0.0745. The normalized spacial score (nSPS) is 12.6. The largest absolute Gasteiger partial charge is 0.361 e. The van der Waals surface area contributed by atoms with Gasteiger partial charge in [0.25, 0.3) is 5.91 Å². The van der Waals surface area contributed by atoms with Crippen LogP contribution < -0.4 is 0 Å². The van der Waals surface area contributed by atoms with Crippen LogP contribution in [-0.4, -0.2) is 40.9 Å². The fourth-order valence-corrected chi connectivity index (χ4v) is 3.16. The zero-order valence-electron chi connectivity index (χ0n) is 11.6. The Morgan fingerprint density at radius 3 is 2.89 bits per heavy atom. The smallest absolute Gasteiger partial charge is 0.256 e. The number of carbonyl (C=O) groups excluding carboxylic acids is 1. The van der Waals surface area contributed by atoms with E-state index in [1.54, 1.807) is 11.8 Å². The number of rotatable bonds is 5. The van der Waals surface area contributed by atoms with E-state index in [1.165, 1.54) is 0 Å². The van der Waals surface area contributed by atoms with Gasteiger partial charge in [-0.1, -0.05) is 19.1 Å². The Labute approximate surface area is 118 Å². The van der Waals surface area contributed by atoms with Crippen LogP contribution >= 0.6 is 11.8 Å². The van der Waals surface area contributed by atoms with Crippen LogP contribution in [0.3, 0.4) is 0 Å². The number of aromatic amines is 1. The summed E-state index contributed by atoms with van der Waals surface area (Å²) >= 11 is 1.78. The molecule has 19 heavy (non-hydrogen) atoms. The summed E-state index contributed by atoms with van der Waals surface area (Å²) in [6.45, 7) is 2.12. The maximum Gasteiger partial charge on any atom is 0.256 e. The molecule has 1 unspecified atom stereocenters. The van der Waals surface area contributed by atoms with Gasteiger partial charge >= 0.3 is 0 Å². The number of H-pyrrole nitrogens is 1. The number of benzene rings is 1. The molecule has 0 fully saturated rings. The van der Waals surface area contributed by atoms with Crippen molar-refractivity contribution in [3.05, 3.63) is 36.0 Å². The highest BCUT2D eigenvalue weighted by molar-refractivity contribution is 7.98. The van der Waals surface area contributed by atoms with Gasteiger partial charge in [0.2, 0.25) is 0 Å². The molecule has 0 aliphatic carbocycles. The summed E-state index contributed by atoms with van der Waals surface area (Å²) in [4.78, 5) is 17.7. The number of hydrogen-bond acceptors (Lipinski definition) is 2. The maximum atomic E-state index is 12.6. The number of thioether (sulfide) groups is 1. The lowest BCUT2D eigenvalue weighted by Crippen LogP contribution is -2.38. The van der Waals surface area contributed by atoms with Crippen LogP contribution in [0.1, 0.15) is 23.7 Å². The highest BCUT2D eigenvalue weighted by Gasteiger charge is 2.21. The summed E-state index contributed by atoms with van der Waals surface area (Å²) in [6, 6.07) is 8.12. The highest BCUT2D eigenvalue weighted by Crippen LogP contribution is 2.20. The molecule has 1 atom stereocenters. The summed E-state index contributed by atoms with van der Waals surface area (Å²) in [6.07, 6.45) is 4.93. The van der Waals surface area contributed by atoms with Crippen molar-refractivity contribution < 1.29 is 4.79 Å². The van der Waals surface area contributed by atoms with E-state index < -0.39 is 0 Å². The van der Waals surface area contributed by atoms with Crippen LogP contribution in [0.5, 0.6) is 0 Å². The van der Waals surface area contributed by atoms with E-state index in [4.69, 9.17) is 0 Å². The summed E-state index contributed by atoms with van der Waals surface area (Å²) in [5, 5.41) is 1.08. The van der Waals surface area contributed by atoms with E-state index in [2.05, 4.69) is 18.2 Å². The van der Waals surface area contributed by atoms with Gasteiger partial charge < -0.3 is 9.88 Å². The number of amides is 1. The van der Waals surface area contributed by atoms with Crippen LogP contribution in [0.4, 0.5) is 0 Å². The summed E-state index contributed by atoms with van der Waals surface area (Å²) in [7, 11) is 1.90. The second kappa shape index (κ2) is 6.15. The zero-order chi connectivity index (χ0) is 13.8. The molecule has 0 bridgehead atoms. The van der Waals surface area contributed by atoms with Gasteiger partial charge in [-0.15, -0.1) is 0 Å².